The molecule has 2 bridgehead atoms. The van der Waals surface area contributed by atoms with Crippen LogP contribution in [0.3, 0.4) is 0 Å². The second kappa shape index (κ2) is 7.71. The van der Waals surface area contributed by atoms with Gasteiger partial charge in [-0.15, -0.1) is 24.8 Å². The van der Waals surface area contributed by atoms with E-state index < -0.39 is 0 Å². The van der Waals surface area contributed by atoms with Gasteiger partial charge in [-0.2, -0.15) is 0 Å². The highest BCUT2D eigenvalue weighted by Crippen LogP contribution is 2.30. The number of halogens is 3. The van der Waals surface area contributed by atoms with Crippen LogP contribution >= 0.6 is 36.4 Å². The number of benzene rings is 1. The maximum atomic E-state index is 6.10. The van der Waals surface area contributed by atoms with E-state index in [1.807, 2.05) is 30.6 Å². The SMILES string of the molecule is Cl.Cl.Clc1cccc(-c2cncc(N3CCN4CCC3C4)c2)c1. The highest BCUT2D eigenvalue weighted by molar-refractivity contribution is 6.30. The number of aromatic nitrogens is 1. The van der Waals surface area contributed by atoms with Crippen molar-refractivity contribution in [2.24, 2.45) is 0 Å². The van der Waals surface area contributed by atoms with Crippen molar-refractivity contribution in [3.05, 3.63) is 47.7 Å². The molecule has 23 heavy (non-hydrogen) atoms. The summed E-state index contributed by atoms with van der Waals surface area (Å²) in [6, 6.07) is 10.9. The molecule has 1 aromatic heterocycles. The fourth-order valence-corrected chi connectivity index (χ4v) is 3.64. The van der Waals surface area contributed by atoms with Crippen molar-refractivity contribution in [1.29, 1.82) is 0 Å². The monoisotopic (exact) mass is 371 g/mol. The van der Waals surface area contributed by atoms with Crippen molar-refractivity contribution in [3.63, 3.8) is 0 Å². The first kappa shape index (κ1) is 18.3. The molecule has 2 fully saturated rings. The minimum atomic E-state index is 0. The average molecular weight is 373 g/mol. The molecule has 0 amide bonds. The Morgan fingerprint density at radius 2 is 1.87 bits per heavy atom. The summed E-state index contributed by atoms with van der Waals surface area (Å²) in [5.41, 5.74) is 3.50. The molecule has 0 aliphatic carbocycles. The highest BCUT2D eigenvalue weighted by atomic mass is 35.5. The van der Waals surface area contributed by atoms with Gasteiger partial charge in [0.1, 0.15) is 0 Å². The molecule has 0 N–H and O–H groups in total. The normalized spacial score (nSPS) is 22.2. The Labute approximate surface area is 154 Å². The number of anilines is 1. The Hall–Kier alpha value is -1.00. The lowest BCUT2D eigenvalue weighted by atomic mass is 10.1. The quantitative estimate of drug-likeness (QED) is 0.790. The first-order valence-electron chi connectivity index (χ1n) is 7.49. The van der Waals surface area contributed by atoms with Gasteiger partial charge in [0.25, 0.3) is 0 Å². The molecular formula is C17H20Cl3N3. The predicted octanol–water partition coefficient (Wildman–Crippen LogP) is 4.14. The predicted molar refractivity (Wildman–Crippen MR) is 101 cm³/mol. The molecule has 124 valence electrons. The topological polar surface area (TPSA) is 19.4 Å². The molecule has 0 spiro atoms. The van der Waals surface area contributed by atoms with Gasteiger partial charge in [0, 0.05) is 49.0 Å². The summed E-state index contributed by atoms with van der Waals surface area (Å²) in [6.07, 6.45) is 5.17. The van der Waals surface area contributed by atoms with Gasteiger partial charge in [-0.1, -0.05) is 23.7 Å². The maximum absolute atomic E-state index is 6.10. The maximum Gasteiger partial charge on any atom is 0.0562 e. The van der Waals surface area contributed by atoms with Crippen LogP contribution in [-0.4, -0.2) is 42.1 Å². The van der Waals surface area contributed by atoms with Crippen molar-refractivity contribution in [1.82, 2.24) is 9.88 Å². The van der Waals surface area contributed by atoms with Gasteiger partial charge in [-0.25, -0.2) is 0 Å². The first-order chi connectivity index (χ1) is 10.3. The number of nitrogens with zero attached hydrogens (tertiary/aromatic N) is 3. The smallest absolute Gasteiger partial charge is 0.0562 e. The van der Waals surface area contributed by atoms with Crippen LogP contribution in [0.4, 0.5) is 5.69 Å². The van der Waals surface area contributed by atoms with Crippen LogP contribution in [0.1, 0.15) is 6.42 Å². The van der Waals surface area contributed by atoms with Crippen LogP contribution in [0.2, 0.25) is 5.02 Å². The zero-order chi connectivity index (χ0) is 14.2. The van der Waals surface area contributed by atoms with Gasteiger partial charge in [0.05, 0.1) is 11.9 Å². The molecule has 4 rings (SSSR count). The van der Waals surface area contributed by atoms with Gasteiger partial charge in [-0.3, -0.25) is 9.88 Å². The Balaban J connectivity index is 0.000000960. The summed E-state index contributed by atoms with van der Waals surface area (Å²) in [6.45, 7) is 4.70. The third-order valence-electron chi connectivity index (χ3n) is 4.56. The summed E-state index contributed by atoms with van der Waals surface area (Å²) in [7, 11) is 0. The molecule has 3 nitrogen and oxygen atoms in total. The van der Waals surface area contributed by atoms with E-state index in [1.54, 1.807) is 0 Å². The number of hydrogen-bond donors (Lipinski definition) is 0. The van der Waals surface area contributed by atoms with E-state index >= 15 is 0 Å². The van der Waals surface area contributed by atoms with E-state index in [9.17, 15) is 0 Å². The lowest BCUT2D eigenvalue weighted by Gasteiger charge is -2.36. The van der Waals surface area contributed by atoms with Crippen molar-refractivity contribution >= 4 is 42.1 Å². The molecule has 0 saturated carbocycles. The van der Waals surface area contributed by atoms with Crippen LogP contribution in [0, 0.1) is 0 Å². The Kier molecular flexibility index (Phi) is 6.15. The number of rotatable bonds is 2. The second-order valence-corrected chi connectivity index (χ2v) is 6.32. The van der Waals surface area contributed by atoms with Gasteiger partial charge in [-0.05, 0) is 30.2 Å². The molecule has 2 saturated heterocycles. The zero-order valence-electron chi connectivity index (χ0n) is 12.7. The van der Waals surface area contributed by atoms with Crippen LogP contribution in [0.15, 0.2) is 42.7 Å². The first-order valence-corrected chi connectivity index (χ1v) is 7.87. The van der Waals surface area contributed by atoms with E-state index in [2.05, 4.69) is 26.9 Å². The van der Waals surface area contributed by atoms with Crippen molar-refractivity contribution in [3.8, 4) is 11.1 Å². The summed E-state index contributed by atoms with van der Waals surface area (Å²) in [4.78, 5) is 9.52. The number of pyridine rings is 1. The Morgan fingerprint density at radius 3 is 2.70 bits per heavy atom. The van der Waals surface area contributed by atoms with Crippen LogP contribution < -0.4 is 4.90 Å². The average Bonchev–Trinajstić information content (AvgIpc) is 2.89. The molecule has 2 aliphatic rings. The largest absolute Gasteiger partial charge is 0.365 e. The van der Waals surface area contributed by atoms with Gasteiger partial charge < -0.3 is 4.90 Å². The van der Waals surface area contributed by atoms with Crippen LogP contribution in [0.25, 0.3) is 11.1 Å². The van der Waals surface area contributed by atoms with E-state index in [0.717, 1.165) is 29.2 Å². The second-order valence-electron chi connectivity index (χ2n) is 5.88. The lowest BCUT2D eigenvalue weighted by molar-refractivity contribution is 0.310. The lowest BCUT2D eigenvalue weighted by Crippen LogP contribution is -2.46. The molecular weight excluding hydrogens is 353 g/mol. The molecule has 2 atom stereocenters. The van der Waals surface area contributed by atoms with Crippen molar-refractivity contribution < 1.29 is 0 Å². The number of hydrogen-bond acceptors (Lipinski definition) is 3. The summed E-state index contributed by atoms with van der Waals surface area (Å²) in [5.74, 6) is 0. The fraction of sp³-hybridized carbons (Fsp3) is 0.353. The number of piperazine rings is 1. The van der Waals surface area contributed by atoms with Crippen LogP contribution in [0.5, 0.6) is 0 Å². The Morgan fingerprint density at radius 1 is 1.00 bits per heavy atom. The minimum Gasteiger partial charge on any atom is -0.365 e. The zero-order valence-corrected chi connectivity index (χ0v) is 15.1. The molecule has 2 aliphatic heterocycles. The molecule has 2 unspecified atom stereocenters. The van der Waals surface area contributed by atoms with E-state index in [-0.39, 0.29) is 24.8 Å². The highest BCUT2D eigenvalue weighted by Gasteiger charge is 2.32. The van der Waals surface area contributed by atoms with E-state index in [4.69, 9.17) is 11.6 Å². The summed E-state index contributed by atoms with van der Waals surface area (Å²) in [5, 5.41) is 0.766. The minimum absolute atomic E-state index is 0. The Bertz CT molecular complexity index is 665. The summed E-state index contributed by atoms with van der Waals surface area (Å²) >= 11 is 6.10. The molecule has 2 aromatic rings. The fourth-order valence-electron chi connectivity index (χ4n) is 3.45. The third kappa shape index (κ3) is 3.74. The van der Waals surface area contributed by atoms with E-state index in [0.29, 0.717) is 6.04 Å². The van der Waals surface area contributed by atoms with Gasteiger partial charge in [0.2, 0.25) is 0 Å². The molecule has 1 aromatic carbocycles. The third-order valence-corrected chi connectivity index (χ3v) is 4.79. The molecule has 6 heteroatoms. The molecule has 0 radical (unpaired) electrons. The standard InChI is InChI=1S/C17H18ClN3.2ClH/c18-15-3-1-2-13(8-15)14-9-17(11-19-10-14)21-7-6-20-5-4-16(21)12-20;;/h1-3,8-11,16H,4-7,12H2;2*1H. The van der Waals surface area contributed by atoms with Crippen LogP contribution in [-0.2, 0) is 0 Å². The molecule has 3 heterocycles. The van der Waals surface area contributed by atoms with E-state index in [1.165, 1.54) is 25.2 Å². The van der Waals surface area contributed by atoms with Gasteiger partial charge in [0.15, 0.2) is 0 Å². The summed E-state index contributed by atoms with van der Waals surface area (Å²) < 4.78 is 0. The van der Waals surface area contributed by atoms with Gasteiger partial charge >= 0.3 is 0 Å². The number of fused-ring (bicyclic) bond motifs is 2. The van der Waals surface area contributed by atoms with Crippen molar-refractivity contribution in [2.45, 2.75) is 12.5 Å². The van der Waals surface area contributed by atoms with Crippen molar-refractivity contribution in [2.75, 3.05) is 31.1 Å².